The second kappa shape index (κ2) is 5.14. The maximum absolute atomic E-state index is 11.0. The van der Waals surface area contributed by atoms with Crippen LogP contribution >= 0.6 is 11.3 Å². The van der Waals surface area contributed by atoms with Gasteiger partial charge < -0.3 is 10.6 Å². The van der Waals surface area contributed by atoms with E-state index in [0.29, 0.717) is 6.54 Å². The molecule has 0 saturated carbocycles. The van der Waals surface area contributed by atoms with Gasteiger partial charge in [0, 0.05) is 11.9 Å². The van der Waals surface area contributed by atoms with Crippen molar-refractivity contribution in [3.63, 3.8) is 0 Å². The van der Waals surface area contributed by atoms with E-state index in [1.807, 2.05) is 6.92 Å². The number of aryl methyl sites for hydroxylation is 1. The first kappa shape index (κ1) is 13.1. The van der Waals surface area contributed by atoms with E-state index in [4.69, 9.17) is 5.73 Å². The zero-order chi connectivity index (χ0) is 14.0. The average Bonchev–Trinajstić information content (AvgIpc) is 2.74. The molecule has 2 N–H and O–H groups in total. The summed E-state index contributed by atoms with van der Waals surface area (Å²) in [6.07, 6.45) is 1.22. The molecule has 2 aromatic heterocycles. The molecule has 0 fully saturated rings. The van der Waals surface area contributed by atoms with E-state index in [-0.39, 0.29) is 17.3 Å². The quantitative estimate of drug-likeness (QED) is 0.664. The van der Waals surface area contributed by atoms with Gasteiger partial charge in [0.2, 0.25) is 11.6 Å². The Morgan fingerprint density at radius 1 is 1.47 bits per heavy atom. The number of hydrogen-bond acceptors (Lipinski definition) is 8. The number of nitrogen functional groups attached to an aromatic ring is 1. The lowest BCUT2D eigenvalue weighted by molar-refractivity contribution is -0.383. The van der Waals surface area contributed by atoms with Gasteiger partial charge in [-0.2, -0.15) is 0 Å². The fraction of sp³-hybridized carbons (Fsp3) is 0.300. The number of anilines is 2. The Morgan fingerprint density at radius 2 is 2.21 bits per heavy atom. The van der Waals surface area contributed by atoms with Gasteiger partial charge in [-0.15, -0.1) is 11.3 Å². The van der Waals surface area contributed by atoms with Gasteiger partial charge in [0.25, 0.3) is 0 Å². The maximum atomic E-state index is 11.0. The lowest BCUT2D eigenvalue weighted by Crippen LogP contribution is -2.20. The topological polar surface area (TPSA) is 111 Å². The zero-order valence-electron chi connectivity index (χ0n) is 10.4. The Morgan fingerprint density at radius 3 is 2.79 bits per heavy atom. The van der Waals surface area contributed by atoms with Crippen molar-refractivity contribution >= 4 is 28.7 Å². The summed E-state index contributed by atoms with van der Waals surface area (Å²) in [5.74, 6) is 0.0631. The molecule has 0 aliphatic rings. The van der Waals surface area contributed by atoms with E-state index < -0.39 is 4.92 Å². The molecule has 19 heavy (non-hydrogen) atoms. The summed E-state index contributed by atoms with van der Waals surface area (Å²) in [5.41, 5.74) is 7.90. The summed E-state index contributed by atoms with van der Waals surface area (Å²) >= 11 is 1.49. The van der Waals surface area contributed by atoms with E-state index in [9.17, 15) is 10.1 Å². The highest BCUT2D eigenvalue weighted by Gasteiger charge is 2.24. The molecule has 100 valence electrons. The number of nitrogens with two attached hydrogens (primary N) is 1. The third-order valence-corrected chi connectivity index (χ3v) is 3.52. The standard InChI is InChI=1S/C10H12N6O2S/c1-6-7(19-5-14-6)3-15(2)10-8(16(17)18)9(11)12-4-13-10/h4-5H,3H2,1-2H3,(H2,11,12,13). The van der Waals surface area contributed by atoms with Gasteiger partial charge in [0.05, 0.1) is 22.7 Å². The molecule has 0 unspecified atom stereocenters. The predicted octanol–water partition coefficient (Wildman–Crippen LogP) is 1.37. The van der Waals surface area contributed by atoms with Crippen molar-refractivity contribution in [1.82, 2.24) is 15.0 Å². The summed E-state index contributed by atoms with van der Waals surface area (Å²) in [4.78, 5) is 24.9. The lowest BCUT2D eigenvalue weighted by atomic mass is 10.3. The summed E-state index contributed by atoms with van der Waals surface area (Å²) < 4.78 is 0. The first-order valence-electron chi connectivity index (χ1n) is 5.35. The van der Waals surface area contributed by atoms with E-state index in [1.54, 1.807) is 17.5 Å². The van der Waals surface area contributed by atoms with Crippen molar-refractivity contribution in [3.05, 3.63) is 32.5 Å². The smallest absolute Gasteiger partial charge is 0.353 e. The highest BCUT2D eigenvalue weighted by atomic mass is 32.1. The van der Waals surface area contributed by atoms with E-state index in [0.717, 1.165) is 10.6 Å². The number of aromatic nitrogens is 3. The third-order valence-electron chi connectivity index (χ3n) is 2.60. The summed E-state index contributed by atoms with van der Waals surface area (Å²) in [6, 6.07) is 0. The van der Waals surface area contributed by atoms with Crippen LogP contribution in [0.2, 0.25) is 0 Å². The first-order valence-corrected chi connectivity index (χ1v) is 6.23. The zero-order valence-corrected chi connectivity index (χ0v) is 11.2. The Balaban J connectivity index is 2.34. The molecule has 0 aliphatic heterocycles. The van der Waals surface area contributed by atoms with Crippen LogP contribution in [0.25, 0.3) is 0 Å². The molecule has 9 heteroatoms. The Labute approximate surface area is 113 Å². The van der Waals surface area contributed by atoms with E-state index in [1.165, 1.54) is 17.7 Å². The van der Waals surface area contributed by atoms with Gasteiger partial charge >= 0.3 is 5.69 Å². The van der Waals surface area contributed by atoms with Crippen molar-refractivity contribution in [3.8, 4) is 0 Å². The van der Waals surface area contributed by atoms with Gasteiger partial charge in [-0.3, -0.25) is 10.1 Å². The molecule has 2 aromatic rings. The average molecular weight is 280 g/mol. The molecule has 8 nitrogen and oxygen atoms in total. The molecule has 0 aromatic carbocycles. The minimum atomic E-state index is -0.569. The largest absolute Gasteiger partial charge is 0.378 e. The van der Waals surface area contributed by atoms with Crippen molar-refractivity contribution in [2.75, 3.05) is 17.7 Å². The van der Waals surface area contributed by atoms with Crippen LogP contribution in [0, 0.1) is 17.0 Å². The maximum Gasteiger partial charge on any atom is 0.353 e. The molecular formula is C10H12N6O2S. The third kappa shape index (κ3) is 2.60. The van der Waals surface area contributed by atoms with Crippen LogP contribution in [0.4, 0.5) is 17.3 Å². The van der Waals surface area contributed by atoms with Gasteiger partial charge in [-0.05, 0) is 6.92 Å². The molecule has 0 amide bonds. The summed E-state index contributed by atoms with van der Waals surface area (Å²) in [6.45, 7) is 2.37. The van der Waals surface area contributed by atoms with Crippen LogP contribution < -0.4 is 10.6 Å². The van der Waals surface area contributed by atoms with Gasteiger partial charge in [-0.1, -0.05) is 0 Å². The van der Waals surface area contributed by atoms with Gasteiger partial charge in [0.1, 0.15) is 6.33 Å². The van der Waals surface area contributed by atoms with Crippen molar-refractivity contribution in [2.24, 2.45) is 0 Å². The molecule has 0 radical (unpaired) electrons. The fourth-order valence-corrected chi connectivity index (χ4v) is 2.43. The predicted molar refractivity (Wildman–Crippen MR) is 72.1 cm³/mol. The molecule has 0 aliphatic carbocycles. The van der Waals surface area contributed by atoms with Crippen LogP contribution in [0.15, 0.2) is 11.8 Å². The first-order chi connectivity index (χ1) is 9.00. The van der Waals surface area contributed by atoms with Crippen LogP contribution in [-0.2, 0) is 6.54 Å². The number of rotatable bonds is 4. The SMILES string of the molecule is Cc1ncsc1CN(C)c1ncnc(N)c1[N+](=O)[O-]. The molecule has 2 heterocycles. The number of nitrogens with zero attached hydrogens (tertiary/aromatic N) is 5. The lowest BCUT2D eigenvalue weighted by Gasteiger charge is -2.17. The molecule has 0 atom stereocenters. The van der Waals surface area contributed by atoms with Gasteiger partial charge in [0.15, 0.2) is 0 Å². The highest BCUT2D eigenvalue weighted by molar-refractivity contribution is 7.09. The van der Waals surface area contributed by atoms with Crippen molar-refractivity contribution < 1.29 is 4.92 Å². The monoisotopic (exact) mass is 280 g/mol. The fourth-order valence-electron chi connectivity index (χ4n) is 1.61. The van der Waals surface area contributed by atoms with Crippen LogP contribution in [0.3, 0.4) is 0 Å². The summed E-state index contributed by atoms with van der Waals surface area (Å²) in [7, 11) is 1.72. The second-order valence-corrected chi connectivity index (χ2v) is 4.84. The Hall–Kier alpha value is -2.29. The Kier molecular flexibility index (Phi) is 3.56. The van der Waals surface area contributed by atoms with Crippen LogP contribution in [-0.4, -0.2) is 26.9 Å². The molecule has 2 rings (SSSR count). The molecule has 0 spiro atoms. The van der Waals surface area contributed by atoms with E-state index in [2.05, 4.69) is 15.0 Å². The number of thiazole rings is 1. The second-order valence-electron chi connectivity index (χ2n) is 3.91. The van der Waals surface area contributed by atoms with Crippen molar-refractivity contribution in [1.29, 1.82) is 0 Å². The normalized spacial score (nSPS) is 10.4. The minimum Gasteiger partial charge on any atom is -0.378 e. The number of nitro groups is 1. The minimum absolute atomic E-state index is 0.136. The van der Waals surface area contributed by atoms with Crippen LogP contribution in [0.1, 0.15) is 10.6 Å². The Bertz CT molecular complexity index is 614. The van der Waals surface area contributed by atoms with Crippen molar-refractivity contribution in [2.45, 2.75) is 13.5 Å². The highest BCUT2D eigenvalue weighted by Crippen LogP contribution is 2.30. The summed E-state index contributed by atoms with van der Waals surface area (Å²) in [5, 5.41) is 11.0. The molecular weight excluding hydrogens is 268 g/mol. The molecule has 0 saturated heterocycles. The van der Waals surface area contributed by atoms with Gasteiger partial charge in [-0.25, -0.2) is 15.0 Å². The van der Waals surface area contributed by atoms with E-state index >= 15 is 0 Å². The van der Waals surface area contributed by atoms with Crippen LogP contribution in [0.5, 0.6) is 0 Å². The molecule has 0 bridgehead atoms. The number of hydrogen-bond donors (Lipinski definition) is 1.